The molecule has 0 aliphatic carbocycles. The van der Waals surface area contributed by atoms with E-state index in [1.165, 1.54) is 56.9 Å². The minimum Gasteiger partial charge on any atom is -0.455 e. The van der Waals surface area contributed by atoms with Crippen LogP contribution in [0.15, 0.2) is 168 Å². The summed E-state index contributed by atoms with van der Waals surface area (Å²) in [6.45, 7) is 0. The molecular weight excluding hydrogens is 711 g/mol. The zero-order valence-electron chi connectivity index (χ0n) is 29.2. The Kier molecular flexibility index (Phi) is 6.64. The van der Waals surface area contributed by atoms with Crippen molar-refractivity contribution in [2.45, 2.75) is 0 Å². The van der Waals surface area contributed by atoms with Crippen LogP contribution in [0, 0.1) is 0 Å². The quantitative estimate of drug-likeness (QED) is 0.180. The zero-order chi connectivity index (χ0) is 36.0. The van der Waals surface area contributed by atoms with E-state index in [1.807, 2.05) is 65.1 Å². The molecule has 0 saturated carbocycles. The first kappa shape index (κ1) is 30.7. The van der Waals surface area contributed by atoms with E-state index in [4.69, 9.17) is 19.4 Å². The van der Waals surface area contributed by atoms with Crippen molar-refractivity contribution < 1.29 is 4.42 Å². The molecule has 4 aromatic heterocycles. The number of rotatable bonds is 4. The van der Waals surface area contributed by atoms with Crippen molar-refractivity contribution >= 4 is 95.7 Å². The maximum atomic E-state index is 6.66. The zero-order valence-corrected chi connectivity index (χ0v) is 30.8. The molecule has 6 heteroatoms. The van der Waals surface area contributed by atoms with Crippen molar-refractivity contribution in [1.29, 1.82) is 0 Å². The fourth-order valence-electron chi connectivity index (χ4n) is 8.16. The second-order valence-electron chi connectivity index (χ2n) is 13.9. The van der Waals surface area contributed by atoms with Crippen LogP contribution >= 0.6 is 22.7 Å². The second kappa shape index (κ2) is 11.9. The lowest BCUT2D eigenvalue weighted by Gasteiger charge is -2.12. The van der Waals surface area contributed by atoms with E-state index < -0.39 is 0 Å². The summed E-state index contributed by atoms with van der Waals surface area (Å²) in [5.41, 5.74) is 7.12. The lowest BCUT2D eigenvalue weighted by atomic mass is 9.95. The van der Waals surface area contributed by atoms with Gasteiger partial charge in [-0.25, -0.2) is 15.0 Å². The van der Waals surface area contributed by atoms with Crippen molar-refractivity contribution in [3.63, 3.8) is 0 Å². The Bertz CT molecular complexity index is 3430. The van der Waals surface area contributed by atoms with Gasteiger partial charge >= 0.3 is 0 Å². The van der Waals surface area contributed by atoms with Gasteiger partial charge in [0.2, 0.25) is 0 Å². The Morgan fingerprint density at radius 1 is 0.382 bits per heavy atom. The molecular formula is C49H27N3OS2. The standard InChI is InChI=1S/C49H27N3OS2/c1-3-13-28(14-4-1)47-50-48(29-15-5-2-6-16-29)52-49(51-47)35-24-23-33(45-42(35)38-25-30-17-7-8-18-31(30)26-41(38)55-45)37-27-36-32-19-9-11-21-39(32)53-44(36)43-34-20-10-12-22-40(34)54-46(37)43/h1-27H. The van der Waals surface area contributed by atoms with Gasteiger partial charge in [0.1, 0.15) is 11.2 Å². The summed E-state index contributed by atoms with van der Waals surface area (Å²) in [5.74, 6) is 1.95. The maximum Gasteiger partial charge on any atom is 0.164 e. The molecule has 4 nitrogen and oxygen atoms in total. The molecule has 55 heavy (non-hydrogen) atoms. The number of hydrogen-bond acceptors (Lipinski definition) is 6. The Morgan fingerprint density at radius 3 is 1.73 bits per heavy atom. The van der Waals surface area contributed by atoms with Crippen LogP contribution in [0.1, 0.15) is 0 Å². The smallest absolute Gasteiger partial charge is 0.164 e. The molecule has 0 atom stereocenters. The van der Waals surface area contributed by atoms with E-state index in [1.54, 1.807) is 0 Å². The molecule has 0 aliphatic rings. The third kappa shape index (κ3) is 4.72. The summed E-state index contributed by atoms with van der Waals surface area (Å²) in [7, 11) is 0. The van der Waals surface area contributed by atoms with Crippen molar-refractivity contribution in [2.24, 2.45) is 0 Å². The average Bonchev–Trinajstić information content (AvgIpc) is 3.94. The number of para-hydroxylation sites is 1. The van der Waals surface area contributed by atoms with Crippen molar-refractivity contribution in [1.82, 2.24) is 15.0 Å². The molecule has 0 bridgehead atoms. The molecule has 0 amide bonds. The molecule has 4 heterocycles. The minimum atomic E-state index is 0.649. The van der Waals surface area contributed by atoms with Crippen LogP contribution in [0.2, 0.25) is 0 Å². The highest BCUT2D eigenvalue weighted by Crippen LogP contribution is 2.51. The van der Waals surface area contributed by atoms with Gasteiger partial charge in [0.05, 0.1) is 0 Å². The van der Waals surface area contributed by atoms with Gasteiger partial charge in [-0.2, -0.15) is 0 Å². The largest absolute Gasteiger partial charge is 0.455 e. The van der Waals surface area contributed by atoms with Crippen LogP contribution < -0.4 is 0 Å². The van der Waals surface area contributed by atoms with Gasteiger partial charge in [-0.05, 0) is 47.2 Å². The molecule has 0 radical (unpaired) electrons. The molecule has 0 N–H and O–H groups in total. The van der Waals surface area contributed by atoms with Gasteiger partial charge < -0.3 is 4.42 Å². The van der Waals surface area contributed by atoms with E-state index in [2.05, 4.69) is 121 Å². The molecule has 8 aromatic carbocycles. The van der Waals surface area contributed by atoms with Crippen LogP contribution in [0.25, 0.3) is 118 Å². The first-order valence-electron chi connectivity index (χ1n) is 18.3. The third-order valence-corrected chi connectivity index (χ3v) is 13.1. The lowest BCUT2D eigenvalue weighted by Crippen LogP contribution is -2.00. The monoisotopic (exact) mass is 737 g/mol. The predicted molar refractivity (Wildman–Crippen MR) is 232 cm³/mol. The number of nitrogens with zero attached hydrogens (tertiary/aromatic N) is 3. The van der Waals surface area contributed by atoms with Gasteiger partial charge in [0, 0.05) is 78.9 Å². The van der Waals surface area contributed by atoms with Gasteiger partial charge in [-0.3, -0.25) is 0 Å². The number of aromatic nitrogens is 3. The first-order chi connectivity index (χ1) is 27.2. The van der Waals surface area contributed by atoms with Gasteiger partial charge in [0.15, 0.2) is 17.5 Å². The minimum absolute atomic E-state index is 0.649. The van der Waals surface area contributed by atoms with Crippen LogP contribution in [0.3, 0.4) is 0 Å². The predicted octanol–water partition coefficient (Wildman–Crippen LogP) is 14.3. The summed E-state index contributed by atoms with van der Waals surface area (Å²) in [5, 5.41) is 9.42. The Hall–Kier alpha value is -6.73. The van der Waals surface area contributed by atoms with Gasteiger partial charge in [-0.1, -0.05) is 127 Å². The van der Waals surface area contributed by atoms with Gasteiger partial charge in [-0.15, -0.1) is 22.7 Å². The molecule has 0 aliphatic heterocycles. The molecule has 0 unspecified atom stereocenters. The summed E-state index contributed by atoms with van der Waals surface area (Å²) in [4.78, 5) is 15.5. The topological polar surface area (TPSA) is 51.8 Å². The molecule has 12 aromatic rings. The fraction of sp³-hybridized carbons (Fsp3) is 0. The van der Waals surface area contributed by atoms with E-state index in [0.717, 1.165) is 44.0 Å². The summed E-state index contributed by atoms with van der Waals surface area (Å²) in [6.07, 6.45) is 0. The SMILES string of the molecule is c1ccc(-c2nc(-c3ccccc3)nc(-c3ccc(-c4cc5c6ccccc6oc5c5c4sc4ccccc45)c4sc5cc6ccccc6cc5c34)n2)cc1. The molecule has 256 valence electrons. The fourth-order valence-corrected chi connectivity index (χ4v) is 10.7. The normalized spacial score (nSPS) is 12.0. The van der Waals surface area contributed by atoms with Crippen molar-refractivity contribution in [2.75, 3.05) is 0 Å². The van der Waals surface area contributed by atoms with Crippen LogP contribution in [-0.2, 0) is 0 Å². The van der Waals surface area contributed by atoms with E-state index in [-0.39, 0.29) is 0 Å². The molecule has 0 fully saturated rings. The molecule has 0 spiro atoms. The molecule has 0 saturated heterocycles. The van der Waals surface area contributed by atoms with Crippen LogP contribution in [0.5, 0.6) is 0 Å². The van der Waals surface area contributed by atoms with Gasteiger partial charge in [0.25, 0.3) is 0 Å². The van der Waals surface area contributed by atoms with E-state index in [9.17, 15) is 0 Å². The number of thiophene rings is 2. The van der Waals surface area contributed by atoms with E-state index in [0.29, 0.717) is 17.5 Å². The highest BCUT2D eigenvalue weighted by Gasteiger charge is 2.24. The lowest BCUT2D eigenvalue weighted by molar-refractivity contribution is 0.673. The number of benzene rings is 8. The highest BCUT2D eigenvalue weighted by atomic mass is 32.1. The summed E-state index contributed by atoms with van der Waals surface area (Å²) in [6, 6.07) is 57.7. The van der Waals surface area contributed by atoms with E-state index >= 15 is 0 Å². The number of hydrogen-bond donors (Lipinski definition) is 0. The first-order valence-corrected chi connectivity index (χ1v) is 19.9. The van der Waals surface area contributed by atoms with Crippen LogP contribution in [-0.4, -0.2) is 15.0 Å². The van der Waals surface area contributed by atoms with Crippen molar-refractivity contribution in [3.05, 3.63) is 164 Å². The Balaban J connectivity index is 1.21. The van der Waals surface area contributed by atoms with Crippen molar-refractivity contribution in [3.8, 4) is 45.3 Å². The number of furan rings is 1. The summed E-state index contributed by atoms with van der Waals surface area (Å²) < 4.78 is 11.6. The highest BCUT2D eigenvalue weighted by molar-refractivity contribution is 7.27. The Labute approximate surface area is 322 Å². The average molecular weight is 738 g/mol. The Morgan fingerprint density at radius 2 is 0.964 bits per heavy atom. The maximum absolute atomic E-state index is 6.66. The molecule has 12 rings (SSSR count). The second-order valence-corrected chi connectivity index (χ2v) is 16.0. The van der Waals surface area contributed by atoms with Crippen LogP contribution in [0.4, 0.5) is 0 Å². The summed E-state index contributed by atoms with van der Waals surface area (Å²) >= 11 is 3.68. The number of fused-ring (bicyclic) bond motifs is 11. The third-order valence-electron chi connectivity index (χ3n) is 10.7.